The van der Waals surface area contributed by atoms with Crippen molar-refractivity contribution >= 4 is 0 Å². The molecule has 1 heterocycles. The highest BCUT2D eigenvalue weighted by molar-refractivity contribution is 5.16. The Kier molecular flexibility index (Phi) is 3.42. The second kappa shape index (κ2) is 4.99. The van der Waals surface area contributed by atoms with Crippen LogP contribution >= 0.6 is 0 Å². The van der Waals surface area contributed by atoms with E-state index in [0.29, 0.717) is 0 Å². The maximum absolute atomic E-state index is 5.91. The number of hydrogen-bond acceptors (Lipinski definition) is 1. The molecule has 1 unspecified atom stereocenters. The van der Waals surface area contributed by atoms with Crippen LogP contribution in [0.1, 0.15) is 24.2 Å². The summed E-state index contributed by atoms with van der Waals surface area (Å²) in [5, 5.41) is 0. The van der Waals surface area contributed by atoms with Gasteiger partial charge in [-0.2, -0.15) is 0 Å². The summed E-state index contributed by atoms with van der Waals surface area (Å²) in [6.45, 7) is 3.02. The maximum atomic E-state index is 5.91. The summed E-state index contributed by atoms with van der Waals surface area (Å²) in [7, 11) is 0. The molecule has 0 fully saturated rings. The Balaban J connectivity index is 2.02. The number of hydrogen-bond donors (Lipinski definition) is 1. The van der Waals surface area contributed by atoms with Crippen molar-refractivity contribution in [2.75, 3.05) is 0 Å². The van der Waals surface area contributed by atoms with Gasteiger partial charge in [-0.3, -0.25) is 0 Å². The predicted molar refractivity (Wildman–Crippen MR) is 67.2 cm³/mol. The highest BCUT2D eigenvalue weighted by Crippen LogP contribution is 2.12. The molecule has 2 aromatic rings. The molecule has 0 saturated carbocycles. The Hall–Kier alpha value is -1.54. The van der Waals surface area contributed by atoms with E-state index in [1.807, 2.05) is 13.0 Å². The predicted octanol–water partition coefficient (Wildman–Crippen LogP) is 2.75. The SMILES string of the molecule is CC(N)c1cccn1CCc1ccccc1. The van der Waals surface area contributed by atoms with E-state index in [1.54, 1.807) is 0 Å². The molecular weight excluding hydrogens is 196 g/mol. The fourth-order valence-electron chi connectivity index (χ4n) is 1.94. The molecule has 0 amide bonds. The monoisotopic (exact) mass is 214 g/mol. The maximum Gasteiger partial charge on any atom is 0.0421 e. The lowest BCUT2D eigenvalue weighted by atomic mass is 10.1. The van der Waals surface area contributed by atoms with E-state index < -0.39 is 0 Å². The summed E-state index contributed by atoms with van der Waals surface area (Å²) < 4.78 is 2.23. The second-order valence-electron chi connectivity index (χ2n) is 4.15. The average molecular weight is 214 g/mol. The van der Waals surface area contributed by atoms with Crippen molar-refractivity contribution < 1.29 is 0 Å². The summed E-state index contributed by atoms with van der Waals surface area (Å²) in [6.07, 6.45) is 3.15. The molecule has 1 aromatic heterocycles. The van der Waals surface area contributed by atoms with Gasteiger partial charge in [0, 0.05) is 24.5 Å². The van der Waals surface area contributed by atoms with Gasteiger partial charge in [0.05, 0.1) is 0 Å². The minimum Gasteiger partial charge on any atom is -0.350 e. The number of nitrogens with zero attached hydrogens (tertiary/aromatic N) is 1. The van der Waals surface area contributed by atoms with Crippen LogP contribution in [0, 0.1) is 0 Å². The average Bonchev–Trinajstić information content (AvgIpc) is 2.76. The zero-order chi connectivity index (χ0) is 11.4. The molecule has 2 nitrogen and oxygen atoms in total. The zero-order valence-corrected chi connectivity index (χ0v) is 9.63. The van der Waals surface area contributed by atoms with E-state index in [4.69, 9.17) is 5.73 Å². The Morgan fingerprint density at radius 1 is 1.12 bits per heavy atom. The molecule has 0 aliphatic carbocycles. The zero-order valence-electron chi connectivity index (χ0n) is 9.63. The molecule has 0 bridgehead atoms. The van der Waals surface area contributed by atoms with E-state index in [2.05, 4.69) is 47.2 Å². The quantitative estimate of drug-likeness (QED) is 0.833. The van der Waals surface area contributed by atoms with Crippen LogP contribution in [0.2, 0.25) is 0 Å². The molecule has 2 heteroatoms. The summed E-state index contributed by atoms with van der Waals surface area (Å²) in [5.74, 6) is 0. The Bertz CT molecular complexity index is 429. The summed E-state index contributed by atoms with van der Waals surface area (Å²) in [4.78, 5) is 0. The van der Waals surface area contributed by atoms with Crippen molar-refractivity contribution in [2.45, 2.75) is 25.9 Å². The lowest BCUT2D eigenvalue weighted by Gasteiger charge is -2.11. The summed E-state index contributed by atoms with van der Waals surface area (Å²) in [6, 6.07) is 14.8. The Morgan fingerprint density at radius 3 is 2.56 bits per heavy atom. The number of benzene rings is 1. The highest BCUT2D eigenvalue weighted by Gasteiger charge is 2.04. The molecule has 0 aliphatic rings. The van der Waals surface area contributed by atoms with Crippen LogP contribution in [0.15, 0.2) is 48.7 Å². The molecule has 0 radical (unpaired) electrons. The van der Waals surface area contributed by atoms with Crippen LogP contribution < -0.4 is 5.73 Å². The second-order valence-corrected chi connectivity index (χ2v) is 4.15. The van der Waals surface area contributed by atoms with E-state index in [0.717, 1.165) is 13.0 Å². The third-order valence-corrected chi connectivity index (χ3v) is 2.82. The first-order valence-electron chi connectivity index (χ1n) is 5.72. The van der Waals surface area contributed by atoms with Gasteiger partial charge in [0.2, 0.25) is 0 Å². The molecule has 84 valence electrons. The van der Waals surface area contributed by atoms with Gasteiger partial charge in [-0.15, -0.1) is 0 Å². The van der Waals surface area contributed by atoms with Crippen LogP contribution in [0.25, 0.3) is 0 Å². The molecule has 16 heavy (non-hydrogen) atoms. The van der Waals surface area contributed by atoms with E-state index in [-0.39, 0.29) is 6.04 Å². The van der Waals surface area contributed by atoms with Gasteiger partial charge in [0.1, 0.15) is 0 Å². The molecule has 0 aliphatic heterocycles. The minimum atomic E-state index is 0.103. The molecule has 1 atom stereocenters. The van der Waals surface area contributed by atoms with Crippen molar-refractivity contribution in [1.82, 2.24) is 4.57 Å². The lowest BCUT2D eigenvalue weighted by molar-refractivity contribution is 0.625. The van der Waals surface area contributed by atoms with Crippen LogP contribution in [0.4, 0.5) is 0 Å². The summed E-state index contributed by atoms with van der Waals surface area (Å²) >= 11 is 0. The molecule has 2 rings (SSSR count). The Morgan fingerprint density at radius 2 is 1.88 bits per heavy atom. The third-order valence-electron chi connectivity index (χ3n) is 2.82. The molecule has 0 spiro atoms. The largest absolute Gasteiger partial charge is 0.350 e. The van der Waals surface area contributed by atoms with Crippen molar-refractivity contribution in [3.05, 3.63) is 59.9 Å². The fourth-order valence-corrected chi connectivity index (χ4v) is 1.94. The minimum absolute atomic E-state index is 0.103. The normalized spacial score (nSPS) is 12.6. The van der Waals surface area contributed by atoms with Crippen LogP contribution in [0.5, 0.6) is 0 Å². The van der Waals surface area contributed by atoms with Crippen LogP contribution in [-0.4, -0.2) is 4.57 Å². The third kappa shape index (κ3) is 2.52. The topological polar surface area (TPSA) is 30.9 Å². The number of nitrogens with two attached hydrogens (primary N) is 1. The van der Waals surface area contributed by atoms with E-state index in [9.17, 15) is 0 Å². The molecule has 2 N–H and O–H groups in total. The van der Waals surface area contributed by atoms with Gasteiger partial charge < -0.3 is 10.3 Å². The van der Waals surface area contributed by atoms with Crippen molar-refractivity contribution in [3.63, 3.8) is 0 Å². The van der Waals surface area contributed by atoms with E-state index >= 15 is 0 Å². The van der Waals surface area contributed by atoms with Crippen molar-refractivity contribution in [2.24, 2.45) is 5.73 Å². The summed E-state index contributed by atoms with van der Waals surface area (Å²) in [5.41, 5.74) is 8.48. The Labute approximate surface area is 96.7 Å². The number of aromatic nitrogens is 1. The van der Waals surface area contributed by atoms with Crippen LogP contribution in [-0.2, 0) is 13.0 Å². The van der Waals surface area contributed by atoms with Gasteiger partial charge in [0.15, 0.2) is 0 Å². The standard InChI is InChI=1S/C14H18N2/c1-12(15)14-8-5-10-16(14)11-9-13-6-3-2-4-7-13/h2-8,10,12H,9,11,15H2,1H3. The molecular formula is C14H18N2. The van der Waals surface area contributed by atoms with Gasteiger partial charge in [0.25, 0.3) is 0 Å². The first kappa shape index (κ1) is 11.0. The van der Waals surface area contributed by atoms with Crippen molar-refractivity contribution in [3.8, 4) is 0 Å². The number of rotatable bonds is 4. The van der Waals surface area contributed by atoms with Crippen molar-refractivity contribution in [1.29, 1.82) is 0 Å². The molecule has 0 saturated heterocycles. The smallest absolute Gasteiger partial charge is 0.0421 e. The number of aryl methyl sites for hydroxylation is 2. The highest BCUT2D eigenvalue weighted by atomic mass is 15.0. The van der Waals surface area contributed by atoms with E-state index in [1.165, 1.54) is 11.3 Å². The van der Waals surface area contributed by atoms with Gasteiger partial charge >= 0.3 is 0 Å². The van der Waals surface area contributed by atoms with Gasteiger partial charge in [-0.1, -0.05) is 30.3 Å². The first-order chi connectivity index (χ1) is 7.77. The molecule has 1 aromatic carbocycles. The first-order valence-corrected chi connectivity index (χ1v) is 5.72. The lowest BCUT2D eigenvalue weighted by Crippen LogP contribution is -2.12. The van der Waals surface area contributed by atoms with Crippen LogP contribution in [0.3, 0.4) is 0 Å². The van der Waals surface area contributed by atoms with Gasteiger partial charge in [-0.25, -0.2) is 0 Å². The van der Waals surface area contributed by atoms with Gasteiger partial charge in [-0.05, 0) is 31.0 Å². The fraction of sp³-hybridized carbons (Fsp3) is 0.286.